The number of hydrogen-bond acceptors (Lipinski definition) is 8. The molecule has 0 aliphatic carbocycles. The first-order valence-corrected chi connectivity index (χ1v) is 16.2. The SMILES string of the molecule is N=C(NP)NCCCC(NP)C(=O)NCCCN1CCN(CCCNC(=O)C(CCCNC(=N)NP)NP)CC1. The number of carbonyl (C=O) groups excluding carboxylic acids is 2. The maximum Gasteiger partial charge on any atom is 0.237 e. The minimum Gasteiger partial charge on any atom is -0.356 e. The van der Waals surface area contributed by atoms with Crippen molar-refractivity contribution < 1.29 is 9.59 Å². The number of hydrogen-bond donors (Lipinski definition) is 10. The smallest absolute Gasteiger partial charge is 0.237 e. The van der Waals surface area contributed by atoms with Crippen LogP contribution in [0.4, 0.5) is 0 Å². The summed E-state index contributed by atoms with van der Waals surface area (Å²) in [4.78, 5) is 29.8. The van der Waals surface area contributed by atoms with Crippen LogP contribution >= 0.6 is 37.6 Å². The Morgan fingerprint density at radius 1 is 0.600 bits per heavy atom. The predicted octanol–water partition coefficient (Wildman–Crippen LogP) is -1.52. The van der Waals surface area contributed by atoms with E-state index >= 15 is 0 Å². The lowest BCUT2D eigenvalue weighted by atomic mass is 10.1. The summed E-state index contributed by atoms with van der Waals surface area (Å²) in [6.45, 7) is 8.56. The Labute approximate surface area is 249 Å². The number of piperazine rings is 1. The Hall–Kier alpha value is -0.960. The lowest BCUT2D eigenvalue weighted by Crippen LogP contribution is -2.48. The molecule has 0 aromatic rings. The minimum atomic E-state index is -0.261. The molecule has 0 aromatic carbocycles. The lowest BCUT2D eigenvalue weighted by molar-refractivity contribution is -0.123. The van der Waals surface area contributed by atoms with E-state index in [2.05, 4.69) is 89.0 Å². The summed E-state index contributed by atoms with van der Waals surface area (Å²) in [6, 6.07) is -0.523. The molecule has 1 heterocycles. The van der Waals surface area contributed by atoms with Crippen LogP contribution in [-0.4, -0.2) is 111 Å². The summed E-state index contributed by atoms with van der Waals surface area (Å²) in [5, 5.41) is 38.2. The van der Waals surface area contributed by atoms with Crippen LogP contribution in [-0.2, 0) is 9.59 Å². The first kappa shape index (κ1) is 37.1. The molecular formula is C22H52N12O2P4. The molecule has 18 heteroatoms. The summed E-state index contributed by atoms with van der Waals surface area (Å²) in [5.74, 6) is 0.509. The van der Waals surface area contributed by atoms with Crippen molar-refractivity contribution in [1.82, 2.24) is 51.4 Å². The highest BCUT2D eigenvalue weighted by atomic mass is 31.0. The number of carbonyl (C=O) groups is 2. The van der Waals surface area contributed by atoms with Gasteiger partial charge >= 0.3 is 0 Å². The third-order valence-corrected chi connectivity index (χ3v) is 8.01. The monoisotopic (exact) mass is 640 g/mol. The number of rotatable bonds is 20. The fraction of sp³-hybridized carbons (Fsp3) is 0.818. The number of amides is 2. The summed E-state index contributed by atoms with van der Waals surface area (Å²) >= 11 is 0. The van der Waals surface area contributed by atoms with Crippen molar-refractivity contribution >= 4 is 61.3 Å². The van der Waals surface area contributed by atoms with Crippen molar-refractivity contribution in [2.75, 3.05) is 65.4 Å². The van der Waals surface area contributed by atoms with Crippen molar-refractivity contribution in [3.05, 3.63) is 0 Å². The molecule has 1 aliphatic heterocycles. The molecule has 1 aliphatic rings. The van der Waals surface area contributed by atoms with E-state index in [1.165, 1.54) is 0 Å². The second-order valence-corrected chi connectivity index (χ2v) is 10.8. The van der Waals surface area contributed by atoms with Gasteiger partial charge in [-0.25, -0.2) is 0 Å². The molecule has 1 fully saturated rings. The molecule has 14 nitrogen and oxygen atoms in total. The van der Waals surface area contributed by atoms with Crippen LogP contribution in [0.3, 0.4) is 0 Å². The van der Waals surface area contributed by atoms with Crippen molar-refractivity contribution in [2.45, 2.75) is 50.6 Å². The maximum absolute atomic E-state index is 12.4. The molecule has 0 radical (unpaired) electrons. The summed E-state index contributed by atoms with van der Waals surface area (Å²) in [5.41, 5.74) is 0. The molecule has 10 N–H and O–H groups in total. The Morgan fingerprint density at radius 2 is 0.950 bits per heavy atom. The van der Waals surface area contributed by atoms with Crippen LogP contribution in [0.1, 0.15) is 38.5 Å². The van der Waals surface area contributed by atoms with Gasteiger partial charge in [-0.2, -0.15) is 0 Å². The Morgan fingerprint density at radius 3 is 1.27 bits per heavy atom. The van der Waals surface area contributed by atoms with Crippen LogP contribution in [0.5, 0.6) is 0 Å². The van der Waals surface area contributed by atoms with Gasteiger partial charge in [0.05, 0.1) is 12.1 Å². The molecule has 2 amide bonds. The second kappa shape index (κ2) is 23.6. The van der Waals surface area contributed by atoms with Gasteiger partial charge < -0.3 is 41.2 Å². The van der Waals surface area contributed by atoms with Gasteiger partial charge in [-0.1, -0.05) is 18.8 Å². The van der Waals surface area contributed by atoms with Crippen molar-refractivity contribution in [2.24, 2.45) is 0 Å². The van der Waals surface area contributed by atoms with Gasteiger partial charge in [0.25, 0.3) is 0 Å². The van der Waals surface area contributed by atoms with Gasteiger partial charge in [0.1, 0.15) is 0 Å². The van der Waals surface area contributed by atoms with Gasteiger partial charge in [-0.15, -0.1) is 0 Å². The largest absolute Gasteiger partial charge is 0.356 e. The normalized spacial score (nSPS) is 15.5. The first-order chi connectivity index (χ1) is 19.3. The third kappa shape index (κ3) is 17.1. The quantitative estimate of drug-likeness (QED) is 0.0325. The van der Waals surface area contributed by atoms with E-state index in [9.17, 15) is 9.59 Å². The summed E-state index contributed by atoms with van der Waals surface area (Å²) in [7, 11) is 9.40. The van der Waals surface area contributed by atoms with Crippen molar-refractivity contribution in [3.8, 4) is 0 Å². The van der Waals surface area contributed by atoms with E-state index < -0.39 is 0 Å². The highest BCUT2D eigenvalue weighted by molar-refractivity contribution is 7.15. The zero-order valence-corrected chi connectivity index (χ0v) is 28.1. The Kier molecular flexibility index (Phi) is 21.9. The molecule has 0 saturated carbocycles. The molecule has 6 atom stereocenters. The summed E-state index contributed by atoms with van der Waals surface area (Å²) < 4.78 is 0. The fourth-order valence-electron chi connectivity index (χ4n) is 4.23. The maximum atomic E-state index is 12.4. The molecule has 1 saturated heterocycles. The van der Waals surface area contributed by atoms with Crippen molar-refractivity contribution in [1.29, 1.82) is 10.8 Å². The predicted molar refractivity (Wildman–Crippen MR) is 177 cm³/mol. The first-order valence-electron chi connectivity index (χ1n) is 13.8. The number of nitrogens with zero attached hydrogens (tertiary/aromatic N) is 2. The molecule has 6 unspecified atom stereocenters. The lowest BCUT2D eigenvalue weighted by Gasteiger charge is -2.34. The van der Waals surface area contributed by atoms with Gasteiger partial charge in [0, 0.05) is 52.4 Å². The van der Waals surface area contributed by atoms with Crippen LogP contribution in [0.15, 0.2) is 0 Å². The van der Waals surface area contributed by atoms with Gasteiger partial charge in [0.15, 0.2) is 11.9 Å². The minimum absolute atomic E-state index is 0.00753. The molecule has 40 heavy (non-hydrogen) atoms. The average Bonchev–Trinajstić information content (AvgIpc) is 2.97. The number of nitrogens with one attached hydrogen (secondary N) is 10. The fourth-order valence-corrected chi connectivity index (χ4v) is 5.07. The third-order valence-electron chi connectivity index (χ3n) is 6.63. The molecule has 0 spiro atoms. The average molecular weight is 641 g/mol. The molecular weight excluding hydrogens is 588 g/mol. The zero-order chi connectivity index (χ0) is 29.6. The van der Waals surface area contributed by atoms with Crippen molar-refractivity contribution in [3.63, 3.8) is 0 Å². The Bertz CT molecular complexity index is 687. The van der Waals surface area contributed by atoms with E-state index in [4.69, 9.17) is 10.8 Å². The van der Waals surface area contributed by atoms with Gasteiger partial charge in [-0.3, -0.25) is 30.6 Å². The van der Waals surface area contributed by atoms with Gasteiger partial charge in [0.2, 0.25) is 11.8 Å². The Balaban J connectivity index is 2.10. The second-order valence-electron chi connectivity index (χ2n) is 9.59. The topological polar surface area (TPSA) is 185 Å². The van der Waals surface area contributed by atoms with E-state index in [0.717, 1.165) is 65.0 Å². The van der Waals surface area contributed by atoms with E-state index in [1.807, 2.05) is 0 Å². The van der Waals surface area contributed by atoms with Crippen LogP contribution < -0.4 is 41.6 Å². The van der Waals surface area contributed by atoms with E-state index in [-0.39, 0.29) is 35.8 Å². The summed E-state index contributed by atoms with van der Waals surface area (Å²) in [6.07, 6.45) is 4.77. The van der Waals surface area contributed by atoms with E-state index in [0.29, 0.717) is 39.0 Å². The van der Waals surface area contributed by atoms with Crippen LogP contribution in [0, 0.1) is 10.8 Å². The highest BCUT2D eigenvalue weighted by Gasteiger charge is 2.19. The molecule has 1 rings (SSSR count). The highest BCUT2D eigenvalue weighted by Crippen LogP contribution is 2.04. The van der Waals surface area contributed by atoms with Crippen LogP contribution in [0.25, 0.3) is 0 Å². The zero-order valence-electron chi connectivity index (χ0n) is 23.5. The molecule has 0 bridgehead atoms. The van der Waals surface area contributed by atoms with E-state index in [1.54, 1.807) is 0 Å². The number of guanidine groups is 2. The molecule has 232 valence electrons. The molecule has 0 aromatic heterocycles. The standard InChI is InChI=1S/C22H52N12O2P4/c23-21(31-39)27-7-1-5-17(29-37)19(35)25-9-3-11-33-13-15-34(16-14-33)12-4-10-26-20(36)18(30-38)6-2-8-28-22(24)32-40/h17-18,29-30H,1-16,37-40H2,(H,25,35)(H,26,36)(H3,23,27,31)(H3,24,28,32). The van der Waals surface area contributed by atoms with Crippen LogP contribution in [0.2, 0.25) is 0 Å². The van der Waals surface area contributed by atoms with Gasteiger partial charge in [-0.05, 0) is 70.4 Å².